The van der Waals surface area contributed by atoms with E-state index in [4.69, 9.17) is 9.84 Å². The Morgan fingerprint density at radius 2 is 2.00 bits per heavy atom. The third-order valence-electron chi connectivity index (χ3n) is 5.36. The Morgan fingerprint density at radius 3 is 2.66 bits per heavy atom. The zero-order valence-electron chi connectivity index (χ0n) is 16.2. The first-order valence-electron chi connectivity index (χ1n) is 9.48. The molecule has 4 rings (SSSR count). The molecular weight excluding hydrogens is 394 g/mol. The highest BCUT2D eigenvalue weighted by molar-refractivity contribution is 8.00. The van der Waals surface area contributed by atoms with Crippen molar-refractivity contribution in [2.45, 2.75) is 43.6 Å². The number of carboxylic acid groups (broad SMARTS) is 1. The van der Waals surface area contributed by atoms with Crippen molar-refractivity contribution in [2.24, 2.45) is 0 Å². The maximum Gasteiger partial charge on any atom is 0.335 e. The molecule has 0 radical (unpaired) electrons. The van der Waals surface area contributed by atoms with E-state index in [1.54, 1.807) is 16.8 Å². The quantitative estimate of drug-likeness (QED) is 0.708. The van der Waals surface area contributed by atoms with Crippen LogP contribution in [0.4, 0.5) is 5.82 Å². The number of hydrogen-bond donors (Lipinski definition) is 3. The molecule has 1 amide bonds. The predicted octanol–water partition coefficient (Wildman–Crippen LogP) is 2.78. The highest BCUT2D eigenvalue weighted by Crippen LogP contribution is 2.42. The molecule has 0 bridgehead atoms. The lowest BCUT2D eigenvalue weighted by atomic mass is 9.94. The van der Waals surface area contributed by atoms with Crippen LogP contribution in [0.15, 0.2) is 29.1 Å². The van der Waals surface area contributed by atoms with Crippen LogP contribution in [0.1, 0.15) is 59.5 Å². The van der Waals surface area contributed by atoms with Crippen molar-refractivity contribution in [3.05, 3.63) is 51.3 Å². The monoisotopic (exact) mass is 417 g/mol. The third-order valence-corrected chi connectivity index (χ3v) is 6.63. The van der Waals surface area contributed by atoms with Gasteiger partial charge in [0, 0.05) is 6.61 Å². The van der Waals surface area contributed by atoms with E-state index in [1.807, 2.05) is 13.8 Å². The molecule has 1 saturated heterocycles. The number of ether oxygens (including phenoxy) is 1. The molecule has 2 aliphatic rings. The van der Waals surface area contributed by atoms with Gasteiger partial charge in [-0.15, -0.1) is 11.8 Å². The Hall–Kier alpha value is -2.52. The van der Waals surface area contributed by atoms with Crippen LogP contribution in [0.25, 0.3) is 0 Å². The topological polar surface area (TPSA) is 113 Å². The van der Waals surface area contributed by atoms with Crippen molar-refractivity contribution >= 4 is 29.5 Å². The number of carbonyl (C=O) groups excluding carboxylic acids is 1. The number of H-pyrrole nitrogens is 1. The number of nitrogens with zero attached hydrogens (tertiary/aromatic N) is 1. The summed E-state index contributed by atoms with van der Waals surface area (Å²) in [6.07, 6.45) is 1.45. The van der Waals surface area contributed by atoms with Gasteiger partial charge < -0.3 is 15.2 Å². The minimum Gasteiger partial charge on any atom is -0.478 e. The summed E-state index contributed by atoms with van der Waals surface area (Å²) in [6.45, 7) is 4.61. The molecule has 1 fully saturated rings. The van der Waals surface area contributed by atoms with Gasteiger partial charge in [-0.3, -0.25) is 19.4 Å². The third kappa shape index (κ3) is 3.84. The number of carbonyl (C=O) groups is 2. The highest BCUT2D eigenvalue weighted by atomic mass is 32.2. The molecule has 1 aromatic carbocycles. The number of hydrogen-bond acceptors (Lipinski definition) is 5. The van der Waals surface area contributed by atoms with Crippen molar-refractivity contribution in [1.29, 1.82) is 0 Å². The molecule has 0 aliphatic carbocycles. The minimum absolute atomic E-state index is 0.00800. The molecule has 0 unspecified atom stereocenters. The number of carboxylic acids is 1. The number of anilines is 1. The van der Waals surface area contributed by atoms with Crippen molar-refractivity contribution in [3.63, 3.8) is 0 Å². The lowest BCUT2D eigenvalue weighted by Crippen LogP contribution is -2.36. The van der Waals surface area contributed by atoms with Crippen LogP contribution in [0.5, 0.6) is 0 Å². The van der Waals surface area contributed by atoms with E-state index in [9.17, 15) is 14.4 Å². The van der Waals surface area contributed by atoms with Crippen LogP contribution >= 0.6 is 11.8 Å². The van der Waals surface area contributed by atoms with E-state index in [0.29, 0.717) is 24.4 Å². The van der Waals surface area contributed by atoms with Crippen LogP contribution in [-0.4, -0.2) is 44.7 Å². The molecule has 9 heteroatoms. The maximum absolute atomic E-state index is 12.9. The fourth-order valence-corrected chi connectivity index (χ4v) is 5.13. The molecule has 2 atom stereocenters. The van der Waals surface area contributed by atoms with E-state index in [0.717, 1.165) is 12.0 Å². The average Bonchev–Trinajstić information content (AvgIpc) is 2.87. The van der Waals surface area contributed by atoms with Crippen LogP contribution in [0, 0.1) is 0 Å². The summed E-state index contributed by atoms with van der Waals surface area (Å²) >= 11 is 1.36. The Labute approximate surface area is 171 Å². The second kappa shape index (κ2) is 7.38. The molecular formula is C20H23N3O5S. The number of benzene rings is 1. The van der Waals surface area contributed by atoms with Crippen molar-refractivity contribution < 1.29 is 19.4 Å². The number of aromatic carboxylic acids is 1. The average molecular weight is 417 g/mol. The Kier molecular flexibility index (Phi) is 5.04. The second-order valence-electron chi connectivity index (χ2n) is 7.99. The highest BCUT2D eigenvalue weighted by Gasteiger charge is 2.36. The molecule has 3 N–H and O–H groups in total. The van der Waals surface area contributed by atoms with Crippen molar-refractivity contribution in [2.75, 3.05) is 17.7 Å². The van der Waals surface area contributed by atoms with Gasteiger partial charge in [0.15, 0.2) is 0 Å². The number of nitrogens with one attached hydrogen (secondary N) is 2. The molecule has 0 saturated carbocycles. The Balaban J connectivity index is 1.77. The van der Waals surface area contributed by atoms with Gasteiger partial charge in [-0.1, -0.05) is 12.1 Å². The number of amides is 1. The first kappa shape index (κ1) is 19.8. The normalized spacial score (nSPS) is 23.7. The largest absolute Gasteiger partial charge is 0.478 e. The first-order valence-corrected chi connectivity index (χ1v) is 10.5. The SMILES string of the molecule is CC1(C)C[C@@H](n2[nH]c(=O)c3c2NC(=O)CS[C@@H]3c2ccc(C(=O)O)cc2)CCO1. The van der Waals surface area contributed by atoms with E-state index in [-0.39, 0.29) is 39.7 Å². The van der Waals surface area contributed by atoms with Gasteiger partial charge in [0.05, 0.1) is 33.8 Å². The second-order valence-corrected chi connectivity index (χ2v) is 9.09. The van der Waals surface area contributed by atoms with E-state index >= 15 is 0 Å². The lowest BCUT2D eigenvalue weighted by Gasteiger charge is -2.36. The fraction of sp³-hybridized carbons (Fsp3) is 0.450. The summed E-state index contributed by atoms with van der Waals surface area (Å²) in [5, 5.41) is 14.6. The first-order chi connectivity index (χ1) is 13.7. The van der Waals surface area contributed by atoms with Crippen LogP contribution < -0.4 is 10.9 Å². The van der Waals surface area contributed by atoms with Gasteiger partial charge in [-0.05, 0) is 44.4 Å². The molecule has 0 spiro atoms. The van der Waals surface area contributed by atoms with Gasteiger partial charge in [0.2, 0.25) is 5.91 Å². The molecule has 2 aromatic rings. The van der Waals surface area contributed by atoms with E-state index in [2.05, 4.69) is 10.4 Å². The summed E-state index contributed by atoms with van der Waals surface area (Å²) in [5.41, 5.74) is 0.900. The molecule has 2 aliphatic heterocycles. The smallest absolute Gasteiger partial charge is 0.335 e. The van der Waals surface area contributed by atoms with Gasteiger partial charge in [-0.2, -0.15) is 0 Å². The maximum atomic E-state index is 12.9. The number of aromatic amines is 1. The summed E-state index contributed by atoms with van der Waals surface area (Å²) in [4.78, 5) is 36.5. The minimum atomic E-state index is -1.01. The number of rotatable bonds is 3. The molecule has 3 heterocycles. The van der Waals surface area contributed by atoms with Gasteiger partial charge >= 0.3 is 5.97 Å². The van der Waals surface area contributed by atoms with E-state index in [1.165, 1.54) is 23.9 Å². The molecule has 29 heavy (non-hydrogen) atoms. The predicted molar refractivity (Wildman–Crippen MR) is 110 cm³/mol. The summed E-state index contributed by atoms with van der Waals surface area (Å²) in [6, 6.07) is 6.45. The van der Waals surface area contributed by atoms with E-state index < -0.39 is 5.97 Å². The summed E-state index contributed by atoms with van der Waals surface area (Å²) in [7, 11) is 0. The number of fused-ring (bicyclic) bond motifs is 1. The number of aromatic nitrogens is 2. The summed E-state index contributed by atoms with van der Waals surface area (Å²) < 4.78 is 7.57. The summed E-state index contributed by atoms with van der Waals surface area (Å²) in [5.74, 6) is -0.465. The molecule has 1 aromatic heterocycles. The van der Waals surface area contributed by atoms with Crippen LogP contribution in [0.2, 0.25) is 0 Å². The van der Waals surface area contributed by atoms with Crippen LogP contribution in [0.3, 0.4) is 0 Å². The standard InChI is InChI=1S/C20H23N3O5S/c1-20(2)9-13(7-8-28-20)23-17-15(18(25)22-23)16(29-10-14(24)21-17)11-3-5-12(6-4-11)19(26)27/h3-6,13,16H,7-10H2,1-2H3,(H,21,24)(H,22,25)(H,26,27)/t13-,16+/m0/s1. The Bertz CT molecular complexity index is 1010. The molecule has 154 valence electrons. The molecule has 8 nitrogen and oxygen atoms in total. The van der Waals surface area contributed by atoms with Gasteiger partial charge in [-0.25, -0.2) is 4.79 Å². The van der Waals surface area contributed by atoms with Crippen molar-refractivity contribution in [1.82, 2.24) is 9.78 Å². The Morgan fingerprint density at radius 1 is 1.28 bits per heavy atom. The lowest BCUT2D eigenvalue weighted by molar-refractivity contribution is -0.113. The zero-order chi connectivity index (χ0) is 20.8. The van der Waals surface area contributed by atoms with Crippen LogP contribution in [-0.2, 0) is 9.53 Å². The fourth-order valence-electron chi connectivity index (χ4n) is 4.00. The van der Waals surface area contributed by atoms with Crippen molar-refractivity contribution in [3.8, 4) is 0 Å². The zero-order valence-corrected chi connectivity index (χ0v) is 17.0. The van der Waals surface area contributed by atoms with Gasteiger partial charge in [0.25, 0.3) is 5.56 Å². The number of thioether (sulfide) groups is 1. The van der Waals surface area contributed by atoms with Gasteiger partial charge in [0.1, 0.15) is 5.82 Å².